The second-order valence-corrected chi connectivity index (χ2v) is 7.10. The predicted octanol–water partition coefficient (Wildman–Crippen LogP) is 3.24. The Morgan fingerprint density at radius 1 is 1.12 bits per heavy atom. The fourth-order valence-electron chi connectivity index (χ4n) is 3.54. The molecular weight excluding hydrogens is 405 g/mol. The maximum Gasteiger partial charge on any atom is 0.178 e. The number of imidazole rings is 1. The number of nitrogens with zero attached hydrogens (tertiary/aromatic N) is 5. The van der Waals surface area contributed by atoms with Crippen LogP contribution in [-0.4, -0.2) is 35.1 Å². The Balaban J connectivity index is 1.68. The summed E-state index contributed by atoms with van der Waals surface area (Å²) in [6.45, 7) is 6.04. The van der Waals surface area contributed by atoms with Crippen molar-refractivity contribution in [2.24, 2.45) is 0 Å². The third kappa shape index (κ3) is 3.47. The van der Waals surface area contributed by atoms with Crippen LogP contribution >= 0.6 is 0 Å². The molecule has 7 nitrogen and oxygen atoms in total. The number of nitrogens with one attached hydrogen (secondary N) is 2. The zero-order valence-corrected chi connectivity index (χ0v) is 17.2. The van der Waals surface area contributed by atoms with Gasteiger partial charge in [0.05, 0.1) is 22.8 Å². The summed E-state index contributed by atoms with van der Waals surface area (Å²) in [7, 11) is 0. The lowest BCUT2D eigenvalue weighted by Gasteiger charge is -2.02. The third-order valence-corrected chi connectivity index (χ3v) is 5.08. The monoisotopic (exact) mass is 423 g/mol. The summed E-state index contributed by atoms with van der Waals surface area (Å²) in [5.41, 5.74) is 4.74. The van der Waals surface area contributed by atoms with Gasteiger partial charge in [-0.3, -0.25) is 15.1 Å². The average Bonchev–Trinajstić information content (AvgIpc) is 3.43. The van der Waals surface area contributed by atoms with Gasteiger partial charge in [0.15, 0.2) is 11.5 Å². The van der Waals surface area contributed by atoms with Crippen molar-refractivity contribution in [3.63, 3.8) is 0 Å². The second kappa shape index (κ2) is 7.99. The number of aromatic nitrogens is 7. The molecule has 0 fully saturated rings. The topological polar surface area (TPSA) is 96.0 Å². The van der Waals surface area contributed by atoms with Gasteiger partial charge < -0.3 is 4.98 Å². The number of H-pyrrole nitrogens is 2. The summed E-state index contributed by atoms with van der Waals surface area (Å²) < 4.78 is 13.8. The van der Waals surface area contributed by atoms with Crippen molar-refractivity contribution >= 4 is 28.9 Å². The molecule has 0 amide bonds. The van der Waals surface area contributed by atoms with Crippen molar-refractivity contribution in [2.45, 2.75) is 6.92 Å². The van der Waals surface area contributed by atoms with E-state index in [0.29, 0.717) is 33.9 Å². The number of halogens is 1. The molecule has 0 unspecified atom stereocenters. The van der Waals surface area contributed by atoms with Crippen LogP contribution in [-0.2, 0) is 0 Å². The fraction of sp³-hybridized carbons (Fsp3) is 0.0417. The van der Waals surface area contributed by atoms with E-state index in [2.05, 4.69) is 41.7 Å². The molecule has 0 saturated carbocycles. The second-order valence-electron chi connectivity index (χ2n) is 7.10. The highest BCUT2D eigenvalue weighted by atomic mass is 19.1. The number of hydrogen-bond donors (Lipinski definition) is 2. The zero-order valence-electron chi connectivity index (χ0n) is 17.2. The number of pyridine rings is 1. The van der Waals surface area contributed by atoms with E-state index in [1.165, 1.54) is 12.1 Å². The molecule has 2 N–H and O–H groups in total. The van der Waals surface area contributed by atoms with Crippen LogP contribution in [0.1, 0.15) is 12.6 Å². The van der Waals surface area contributed by atoms with Crippen LogP contribution in [0.3, 0.4) is 0 Å². The number of hydrogen-bond acceptors (Lipinski definition) is 5. The number of allylic oxidation sites excluding steroid dienone is 1. The Bertz CT molecular complexity index is 1570. The molecule has 0 aliphatic carbocycles. The Labute approximate surface area is 182 Å². The maximum absolute atomic E-state index is 13.8. The zero-order chi connectivity index (χ0) is 22.1. The highest BCUT2D eigenvalue weighted by molar-refractivity contribution is 5.92. The summed E-state index contributed by atoms with van der Waals surface area (Å²) in [6, 6.07) is 8.26. The third-order valence-electron chi connectivity index (χ3n) is 5.08. The smallest absolute Gasteiger partial charge is 0.178 e. The van der Waals surface area contributed by atoms with Crippen LogP contribution < -0.4 is 10.6 Å². The first kappa shape index (κ1) is 19.5. The molecule has 0 atom stereocenters. The van der Waals surface area contributed by atoms with Crippen LogP contribution in [0.2, 0.25) is 0 Å². The van der Waals surface area contributed by atoms with E-state index in [1.807, 2.05) is 31.2 Å². The van der Waals surface area contributed by atoms with Crippen LogP contribution in [0, 0.1) is 5.82 Å². The lowest BCUT2D eigenvalue weighted by Crippen LogP contribution is -2.23. The number of fused-ring (bicyclic) bond motifs is 1. The van der Waals surface area contributed by atoms with Crippen LogP contribution in [0.15, 0.2) is 61.7 Å². The summed E-state index contributed by atoms with van der Waals surface area (Å²) in [4.78, 5) is 20.7. The Kier molecular flexibility index (Phi) is 4.87. The Morgan fingerprint density at radius 3 is 2.81 bits per heavy atom. The summed E-state index contributed by atoms with van der Waals surface area (Å²) in [5, 5.41) is 9.14. The molecular formula is C24H18FN7. The normalized spacial score (nSPS) is 12.6. The molecule has 0 aliphatic rings. The van der Waals surface area contributed by atoms with Gasteiger partial charge in [-0.05, 0) is 42.3 Å². The van der Waals surface area contributed by atoms with Gasteiger partial charge in [-0.2, -0.15) is 5.10 Å². The van der Waals surface area contributed by atoms with E-state index < -0.39 is 0 Å². The van der Waals surface area contributed by atoms with Crippen LogP contribution in [0.5, 0.6) is 0 Å². The van der Waals surface area contributed by atoms with E-state index in [4.69, 9.17) is 0 Å². The summed E-state index contributed by atoms with van der Waals surface area (Å²) >= 11 is 0. The van der Waals surface area contributed by atoms with Crippen molar-refractivity contribution in [1.82, 2.24) is 35.1 Å². The van der Waals surface area contributed by atoms with Gasteiger partial charge in [0.1, 0.15) is 11.5 Å². The Morgan fingerprint density at radius 2 is 2.03 bits per heavy atom. The molecule has 0 saturated heterocycles. The standard InChI is InChI=1S/C24H18FN7/c1-3-19-18(11-14(2)20-13-26-9-10-27-20)22(32-31-19)24-29-21-17(7-8-28-23(21)30-24)15-5-4-6-16(25)12-15/h3-13,31H,2H2,1H3,(H,28,29,30)/b18-11+,19-3+. The molecule has 4 aromatic heterocycles. The van der Waals surface area contributed by atoms with Gasteiger partial charge in [0.2, 0.25) is 0 Å². The SMILES string of the molecule is C=C(/C=c1/c(-c2nc3nccc(-c4cccc(F)c4)c3[nH]2)n[nH]/c1=C/C)c1cnccn1. The first-order valence-electron chi connectivity index (χ1n) is 9.93. The molecule has 5 rings (SSSR count). The molecule has 5 aromatic rings. The van der Waals surface area contributed by atoms with Gasteiger partial charge in [0, 0.05) is 29.4 Å². The molecule has 0 aliphatic heterocycles. The van der Waals surface area contributed by atoms with Crippen molar-refractivity contribution in [3.8, 4) is 22.6 Å². The maximum atomic E-state index is 13.8. The quantitative estimate of drug-likeness (QED) is 0.463. The average molecular weight is 423 g/mol. The van der Waals surface area contributed by atoms with E-state index in [9.17, 15) is 4.39 Å². The minimum Gasteiger partial charge on any atom is -0.335 e. The first-order chi connectivity index (χ1) is 15.6. The van der Waals surface area contributed by atoms with Crippen molar-refractivity contribution in [2.75, 3.05) is 0 Å². The van der Waals surface area contributed by atoms with Crippen molar-refractivity contribution in [1.29, 1.82) is 0 Å². The van der Waals surface area contributed by atoms with Gasteiger partial charge >= 0.3 is 0 Å². The van der Waals surface area contributed by atoms with Crippen molar-refractivity contribution in [3.05, 3.63) is 83.8 Å². The highest BCUT2D eigenvalue weighted by Crippen LogP contribution is 2.27. The molecule has 32 heavy (non-hydrogen) atoms. The first-order valence-corrected chi connectivity index (χ1v) is 9.93. The largest absolute Gasteiger partial charge is 0.335 e. The predicted molar refractivity (Wildman–Crippen MR) is 122 cm³/mol. The van der Waals surface area contributed by atoms with Gasteiger partial charge in [0.25, 0.3) is 0 Å². The molecule has 156 valence electrons. The molecule has 4 heterocycles. The minimum absolute atomic E-state index is 0.304. The minimum atomic E-state index is -0.304. The van der Waals surface area contributed by atoms with Gasteiger partial charge in [-0.25, -0.2) is 14.4 Å². The van der Waals surface area contributed by atoms with E-state index in [0.717, 1.165) is 21.7 Å². The molecule has 0 radical (unpaired) electrons. The Hall–Kier alpha value is -4.46. The van der Waals surface area contributed by atoms with Gasteiger partial charge in [-0.15, -0.1) is 0 Å². The molecule has 8 heteroatoms. The number of aromatic amines is 2. The summed E-state index contributed by atoms with van der Waals surface area (Å²) in [5.74, 6) is 0.237. The van der Waals surface area contributed by atoms with E-state index in [1.54, 1.807) is 30.9 Å². The van der Waals surface area contributed by atoms with Crippen LogP contribution in [0.4, 0.5) is 4.39 Å². The molecule has 0 bridgehead atoms. The number of rotatable bonds is 4. The van der Waals surface area contributed by atoms with Crippen molar-refractivity contribution < 1.29 is 4.39 Å². The van der Waals surface area contributed by atoms with E-state index >= 15 is 0 Å². The highest BCUT2D eigenvalue weighted by Gasteiger charge is 2.15. The number of benzene rings is 1. The lowest BCUT2D eigenvalue weighted by atomic mass is 10.1. The fourth-order valence-corrected chi connectivity index (χ4v) is 3.54. The van der Waals surface area contributed by atoms with Gasteiger partial charge in [-0.1, -0.05) is 24.8 Å². The molecule has 0 spiro atoms. The van der Waals surface area contributed by atoms with E-state index in [-0.39, 0.29) is 5.82 Å². The summed E-state index contributed by atoms with van der Waals surface area (Å²) in [6.07, 6.45) is 10.4. The van der Waals surface area contributed by atoms with Crippen LogP contribution in [0.25, 0.3) is 51.5 Å². The lowest BCUT2D eigenvalue weighted by molar-refractivity contribution is 0.628. The molecule has 1 aromatic carbocycles.